The number of aliphatic carboxylic acids is 1. The van der Waals surface area contributed by atoms with Crippen molar-refractivity contribution in [2.24, 2.45) is 45.3 Å². The van der Waals surface area contributed by atoms with Gasteiger partial charge in [-0.3, -0.25) is 4.79 Å². The molecule has 35 heavy (non-hydrogen) atoms. The van der Waals surface area contributed by atoms with Gasteiger partial charge in [0.25, 0.3) is 0 Å². The second-order valence-corrected chi connectivity index (χ2v) is 13.7. The molecule has 0 radical (unpaired) electrons. The Balaban J connectivity index is 1.76. The van der Waals surface area contributed by atoms with E-state index in [0.29, 0.717) is 37.5 Å². The van der Waals surface area contributed by atoms with Gasteiger partial charge in [-0.1, -0.05) is 72.3 Å². The molecule has 0 heterocycles. The number of carboxylic acid groups (broad SMARTS) is 1. The van der Waals surface area contributed by atoms with Crippen molar-refractivity contribution in [3.63, 3.8) is 0 Å². The molecular formula is C31H48O4. The Bertz CT molecular complexity index is 942. The van der Waals surface area contributed by atoms with E-state index in [-0.39, 0.29) is 23.4 Å². The van der Waals surface area contributed by atoms with Crippen LogP contribution in [0.2, 0.25) is 0 Å². The number of rotatable bonds is 7. The van der Waals surface area contributed by atoms with Crippen LogP contribution in [-0.4, -0.2) is 34.0 Å². The third-order valence-electron chi connectivity index (χ3n) is 11.4. The lowest BCUT2D eigenvalue weighted by Crippen LogP contribution is -2.56. The Hall–Kier alpha value is -1.39. The van der Waals surface area contributed by atoms with E-state index in [9.17, 15) is 20.1 Å². The third-order valence-corrected chi connectivity index (χ3v) is 11.4. The lowest BCUT2D eigenvalue weighted by atomic mass is 9.44. The van der Waals surface area contributed by atoms with E-state index >= 15 is 0 Å². The van der Waals surface area contributed by atoms with Crippen molar-refractivity contribution in [2.45, 2.75) is 99.0 Å². The van der Waals surface area contributed by atoms with E-state index < -0.39 is 28.8 Å². The molecule has 0 aromatic heterocycles. The van der Waals surface area contributed by atoms with Crippen molar-refractivity contribution in [2.75, 3.05) is 6.61 Å². The van der Waals surface area contributed by atoms with E-state index in [4.69, 9.17) is 0 Å². The fourth-order valence-corrected chi connectivity index (χ4v) is 9.10. The molecule has 7 atom stereocenters. The Morgan fingerprint density at radius 3 is 2.43 bits per heavy atom. The van der Waals surface area contributed by atoms with E-state index in [2.05, 4.69) is 60.3 Å². The number of carboxylic acids is 1. The average Bonchev–Trinajstić information content (AvgIpc) is 3.00. The highest BCUT2D eigenvalue weighted by atomic mass is 16.4. The normalized spacial score (nSPS) is 40.8. The van der Waals surface area contributed by atoms with Gasteiger partial charge in [-0.15, -0.1) is 0 Å². The minimum atomic E-state index is -0.805. The third kappa shape index (κ3) is 3.72. The van der Waals surface area contributed by atoms with Gasteiger partial charge in [0.2, 0.25) is 0 Å². The molecule has 0 spiro atoms. The highest BCUT2D eigenvalue weighted by Gasteiger charge is 2.68. The number of hydrogen-bond acceptors (Lipinski definition) is 3. The standard InChI is InChI=1S/C31H48O4/c1-19(2)20(3)9-10-21(27(34)35)24-17-26(33)31(18-32)23-11-12-25-28(4,5)14-8-15-29(25,6)22(23)13-16-30(24,31)7/h11,13,19,21,24-26,32-33H,3,8-10,12,14-18H2,1-2,4-7H3,(H,34,35)/t21-,24-,25?,26+,29-,30-,31-/m1/s1. The average molecular weight is 485 g/mol. The predicted molar refractivity (Wildman–Crippen MR) is 141 cm³/mol. The van der Waals surface area contributed by atoms with Gasteiger partial charge in [-0.2, -0.15) is 0 Å². The lowest BCUT2D eigenvalue weighted by molar-refractivity contribution is -0.147. The molecule has 0 amide bonds. The fraction of sp³-hybridized carbons (Fsp3) is 0.774. The van der Waals surface area contributed by atoms with Crippen molar-refractivity contribution < 1.29 is 20.1 Å². The van der Waals surface area contributed by atoms with Crippen LogP contribution in [0.4, 0.5) is 0 Å². The molecule has 4 aliphatic carbocycles. The zero-order valence-electron chi connectivity index (χ0n) is 22.9. The van der Waals surface area contributed by atoms with Crippen molar-refractivity contribution in [1.82, 2.24) is 0 Å². The quantitative estimate of drug-likeness (QED) is 0.359. The van der Waals surface area contributed by atoms with Crippen LogP contribution in [0.3, 0.4) is 0 Å². The van der Waals surface area contributed by atoms with Crippen LogP contribution in [0.1, 0.15) is 92.9 Å². The summed E-state index contributed by atoms with van der Waals surface area (Å²) in [5.41, 5.74) is 2.50. The molecule has 0 aromatic carbocycles. The zero-order chi connectivity index (χ0) is 26.0. The van der Waals surface area contributed by atoms with Crippen molar-refractivity contribution in [3.05, 3.63) is 35.5 Å². The Kier molecular flexibility index (Phi) is 6.76. The van der Waals surface area contributed by atoms with Crippen molar-refractivity contribution in [1.29, 1.82) is 0 Å². The zero-order valence-corrected chi connectivity index (χ0v) is 22.9. The summed E-state index contributed by atoms with van der Waals surface area (Å²) in [6.45, 7) is 17.6. The van der Waals surface area contributed by atoms with Gasteiger partial charge in [-0.05, 0) is 90.1 Å². The molecule has 4 nitrogen and oxygen atoms in total. The summed E-state index contributed by atoms with van der Waals surface area (Å²) in [4.78, 5) is 12.6. The van der Waals surface area contributed by atoms with Crippen LogP contribution in [0, 0.1) is 45.3 Å². The summed E-state index contributed by atoms with van der Waals surface area (Å²) in [6, 6.07) is 0. The molecule has 196 valence electrons. The molecule has 4 aliphatic rings. The van der Waals surface area contributed by atoms with Crippen molar-refractivity contribution >= 4 is 5.97 Å². The van der Waals surface area contributed by atoms with Gasteiger partial charge in [0.15, 0.2) is 0 Å². The molecule has 0 aromatic rings. The van der Waals surface area contributed by atoms with Gasteiger partial charge in [0.1, 0.15) is 0 Å². The molecule has 0 saturated heterocycles. The van der Waals surface area contributed by atoms with E-state index in [1.54, 1.807) is 0 Å². The SMILES string of the molecule is C=C(CC[C@@H](C(=O)O)[C@H]1C[C@H](O)[C@@]2(CO)C3=CCC4C(C)(C)CCC[C@]4(C)C3=CC[C@]12C)C(C)C. The Labute approximate surface area is 212 Å². The van der Waals surface area contributed by atoms with Crippen LogP contribution < -0.4 is 0 Å². The lowest BCUT2D eigenvalue weighted by Gasteiger charge is -2.60. The molecule has 2 saturated carbocycles. The number of aliphatic hydroxyl groups is 2. The second kappa shape index (κ2) is 8.87. The maximum absolute atomic E-state index is 12.6. The van der Waals surface area contributed by atoms with Crippen LogP contribution in [0.15, 0.2) is 35.5 Å². The monoisotopic (exact) mass is 484 g/mol. The number of hydrogen-bond donors (Lipinski definition) is 3. The largest absolute Gasteiger partial charge is 0.481 e. The van der Waals surface area contributed by atoms with E-state index in [0.717, 1.165) is 24.0 Å². The second-order valence-electron chi connectivity index (χ2n) is 13.7. The molecule has 0 aliphatic heterocycles. The van der Waals surface area contributed by atoms with E-state index in [1.165, 1.54) is 18.4 Å². The highest BCUT2D eigenvalue weighted by Crippen LogP contribution is 2.71. The van der Waals surface area contributed by atoms with Gasteiger partial charge >= 0.3 is 5.97 Å². The molecule has 2 fully saturated rings. The molecule has 1 unspecified atom stereocenters. The first-order chi connectivity index (χ1) is 16.3. The first kappa shape index (κ1) is 26.7. The summed E-state index contributed by atoms with van der Waals surface area (Å²) < 4.78 is 0. The highest BCUT2D eigenvalue weighted by molar-refractivity contribution is 5.71. The first-order valence-electron chi connectivity index (χ1n) is 13.9. The van der Waals surface area contributed by atoms with Crippen LogP contribution in [0.25, 0.3) is 0 Å². The maximum Gasteiger partial charge on any atom is 0.306 e. The van der Waals surface area contributed by atoms with Crippen LogP contribution in [0.5, 0.6) is 0 Å². The summed E-state index contributed by atoms with van der Waals surface area (Å²) in [7, 11) is 0. The molecule has 4 heteroatoms. The summed E-state index contributed by atoms with van der Waals surface area (Å²) in [5.74, 6) is -0.681. The molecular weight excluding hydrogens is 436 g/mol. The van der Waals surface area contributed by atoms with Gasteiger partial charge in [-0.25, -0.2) is 0 Å². The number of aliphatic hydroxyl groups excluding tert-OH is 2. The Morgan fingerprint density at radius 1 is 1.14 bits per heavy atom. The predicted octanol–water partition coefficient (Wildman–Crippen LogP) is 6.54. The van der Waals surface area contributed by atoms with Gasteiger partial charge in [0, 0.05) is 0 Å². The smallest absolute Gasteiger partial charge is 0.306 e. The Morgan fingerprint density at radius 2 is 1.83 bits per heavy atom. The summed E-state index contributed by atoms with van der Waals surface area (Å²) >= 11 is 0. The number of fused-ring (bicyclic) bond motifs is 5. The molecule has 0 bridgehead atoms. The van der Waals surface area contributed by atoms with Gasteiger partial charge in [0.05, 0.1) is 24.0 Å². The van der Waals surface area contributed by atoms with Crippen LogP contribution >= 0.6 is 0 Å². The maximum atomic E-state index is 12.6. The summed E-state index contributed by atoms with van der Waals surface area (Å²) in [6.07, 6.45) is 10.8. The molecule has 4 rings (SSSR count). The first-order valence-corrected chi connectivity index (χ1v) is 13.9. The van der Waals surface area contributed by atoms with E-state index in [1.807, 2.05) is 0 Å². The number of carbonyl (C=O) groups is 1. The topological polar surface area (TPSA) is 77.8 Å². The van der Waals surface area contributed by atoms with Gasteiger partial charge < -0.3 is 15.3 Å². The fourth-order valence-electron chi connectivity index (χ4n) is 9.10. The summed E-state index contributed by atoms with van der Waals surface area (Å²) in [5, 5.41) is 33.1. The van der Waals surface area contributed by atoms with Crippen molar-refractivity contribution in [3.8, 4) is 0 Å². The minimum Gasteiger partial charge on any atom is -0.481 e. The minimum absolute atomic E-state index is 0.0361. The number of allylic oxidation sites excluding steroid dienone is 4. The van der Waals surface area contributed by atoms with Crippen LogP contribution in [-0.2, 0) is 4.79 Å². The molecule has 3 N–H and O–H groups in total.